The maximum Gasteiger partial charge on any atom is 0.408 e. The van der Waals surface area contributed by atoms with E-state index in [0.717, 1.165) is 19.4 Å². The van der Waals surface area contributed by atoms with Crippen LogP contribution in [0.5, 0.6) is 0 Å². The maximum atomic E-state index is 10.8. The molecule has 63 valence electrons. The van der Waals surface area contributed by atoms with Gasteiger partial charge in [0.1, 0.15) is 0 Å². The van der Waals surface area contributed by atoms with Gasteiger partial charge in [-0.15, -0.1) is 0 Å². The molecule has 1 amide bonds. The van der Waals surface area contributed by atoms with Crippen LogP contribution >= 0.6 is 0 Å². The van der Waals surface area contributed by atoms with Crippen LogP contribution in [-0.2, 0) is 4.74 Å². The summed E-state index contributed by atoms with van der Waals surface area (Å²) in [6, 6.07) is 0. The van der Waals surface area contributed by atoms with E-state index in [4.69, 9.17) is 4.74 Å². The largest absolute Gasteiger partial charge is 0.429 e. The highest BCUT2D eigenvalue weighted by atomic mass is 16.6. The lowest BCUT2D eigenvalue weighted by molar-refractivity contribution is 0.0883. The number of carbonyl (C=O) groups is 1. The van der Waals surface area contributed by atoms with Gasteiger partial charge in [0.05, 0.1) is 0 Å². The van der Waals surface area contributed by atoms with Crippen molar-refractivity contribution < 1.29 is 9.53 Å². The van der Waals surface area contributed by atoms with Crippen LogP contribution in [0, 0.1) is 0 Å². The molecule has 4 heteroatoms. The number of amides is 1. The summed E-state index contributed by atoms with van der Waals surface area (Å²) < 4.78 is 4.94. The summed E-state index contributed by atoms with van der Waals surface area (Å²) in [5, 5.41) is 6.63. The van der Waals surface area contributed by atoms with Crippen molar-refractivity contribution in [2.24, 2.45) is 0 Å². The summed E-state index contributed by atoms with van der Waals surface area (Å²) in [6.07, 6.45) is 1.35. The fourth-order valence-corrected chi connectivity index (χ4v) is 0.998. The molecule has 1 radical (unpaired) electrons. The molecule has 1 rings (SSSR count). The van der Waals surface area contributed by atoms with Crippen LogP contribution in [0.2, 0.25) is 0 Å². The molecule has 0 saturated carbocycles. The number of alkyl carbamates (subject to hydrolysis) is 1. The number of carbonyl (C=O) groups excluding carboxylic acids is 1. The van der Waals surface area contributed by atoms with Crippen molar-refractivity contribution in [3.8, 4) is 0 Å². The smallest absolute Gasteiger partial charge is 0.408 e. The molecule has 0 bridgehead atoms. The Balaban J connectivity index is 2.13. The molecule has 4 nitrogen and oxygen atoms in total. The number of ether oxygens (including phenoxy) is 1. The van der Waals surface area contributed by atoms with E-state index in [9.17, 15) is 4.79 Å². The van der Waals surface area contributed by atoms with Gasteiger partial charge in [-0.1, -0.05) is 0 Å². The molecule has 1 aliphatic rings. The van der Waals surface area contributed by atoms with E-state index in [1.165, 1.54) is 0 Å². The molecule has 1 atom stereocenters. The number of nitrogens with one attached hydrogen (secondary N) is 1. The van der Waals surface area contributed by atoms with Crippen LogP contribution in [0.25, 0.3) is 0 Å². The first-order chi connectivity index (χ1) is 5.33. The zero-order valence-electron chi connectivity index (χ0n) is 6.67. The Morgan fingerprint density at radius 2 is 2.64 bits per heavy atom. The third-order valence-corrected chi connectivity index (χ3v) is 1.51. The van der Waals surface area contributed by atoms with Crippen molar-refractivity contribution in [2.75, 3.05) is 13.1 Å². The van der Waals surface area contributed by atoms with Gasteiger partial charge < -0.3 is 10.1 Å². The molecule has 1 fully saturated rings. The summed E-state index contributed by atoms with van der Waals surface area (Å²) in [6.45, 7) is 3.28. The summed E-state index contributed by atoms with van der Waals surface area (Å²) in [4.78, 5) is 10.8. The molecule has 11 heavy (non-hydrogen) atoms. The Hall–Kier alpha value is -0.770. The maximum absolute atomic E-state index is 10.8. The van der Waals surface area contributed by atoms with Crippen molar-refractivity contribution in [1.82, 2.24) is 10.6 Å². The molecular formula is C7H13N2O2. The summed E-state index contributed by atoms with van der Waals surface area (Å²) in [7, 11) is 0. The van der Waals surface area contributed by atoms with Crippen LogP contribution in [0.15, 0.2) is 0 Å². The molecule has 0 spiro atoms. The Kier molecular flexibility index (Phi) is 3.16. The van der Waals surface area contributed by atoms with Crippen LogP contribution in [0.1, 0.15) is 19.8 Å². The van der Waals surface area contributed by atoms with Crippen molar-refractivity contribution in [3.63, 3.8) is 0 Å². The Bertz CT molecular complexity index is 132. The number of hydrogen-bond donors (Lipinski definition) is 1. The minimum Gasteiger partial charge on any atom is -0.429 e. The summed E-state index contributed by atoms with van der Waals surface area (Å²) >= 11 is 0. The summed E-state index contributed by atoms with van der Waals surface area (Å²) in [5.41, 5.74) is 0. The molecule has 0 aromatic carbocycles. The predicted molar refractivity (Wildman–Crippen MR) is 40.2 cm³/mol. The van der Waals surface area contributed by atoms with Gasteiger partial charge in [-0.25, -0.2) is 10.1 Å². The standard InChI is InChI=1S/C7H13N2O2/c1-2-8-7(10)11-6-4-3-5-9-6/h6H,2-5H2,1H3,(H,8,10). The fourth-order valence-electron chi connectivity index (χ4n) is 0.998. The Morgan fingerprint density at radius 1 is 1.82 bits per heavy atom. The first-order valence-electron chi connectivity index (χ1n) is 3.94. The lowest BCUT2D eigenvalue weighted by Gasteiger charge is -2.09. The van der Waals surface area contributed by atoms with Gasteiger partial charge in [0.2, 0.25) is 0 Å². The zero-order valence-corrected chi connectivity index (χ0v) is 6.67. The monoisotopic (exact) mass is 157 g/mol. The quantitative estimate of drug-likeness (QED) is 0.633. The second-order valence-electron chi connectivity index (χ2n) is 2.44. The number of nitrogens with zero attached hydrogens (tertiary/aromatic N) is 1. The van der Waals surface area contributed by atoms with E-state index in [-0.39, 0.29) is 12.3 Å². The normalized spacial score (nSPS) is 23.2. The topological polar surface area (TPSA) is 52.4 Å². The highest BCUT2D eigenvalue weighted by molar-refractivity contribution is 5.67. The van der Waals surface area contributed by atoms with E-state index in [2.05, 4.69) is 10.6 Å². The third kappa shape index (κ3) is 2.76. The fraction of sp³-hybridized carbons (Fsp3) is 0.857. The van der Waals surface area contributed by atoms with Crippen molar-refractivity contribution >= 4 is 6.09 Å². The zero-order chi connectivity index (χ0) is 8.10. The minimum atomic E-state index is -0.358. The van der Waals surface area contributed by atoms with Crippen molar-refractivity contribution in [3.05, 3.63) is 0 Å². The second kappa shape index (κ2) is 4.18. The molecule has 1 aliphatic heterocycles. The van der Waals surface area contributed by atoms with Crippen LogP contribution in [0.4, 0.5) is 4.79 Å². The second-order valence-corrected chi connectivity index (χ2v) is 2.44. The Morgan fingerprint density at radius 3 is 3.18 bits per heavy atom. The van der Waals surface area contributed by atoms with Gasteiger partial charge in [-0.2, -0.15) is 0 Å². The highest BCUT2D eigenvalue weighted by Gasteiger charge is 2.18. The number of hydrogen-bond acceptors (Lipinski definition) is 2. The third-order valence-electron chi connectivity index (χ3n) is 1.51. The lowest BCUT2D eigenvalue weighted by Crippen LogP contribution is -2.30. The van der Waals surface area contributed by atoms with Gasteiger partial charge in [-0.05, 0) is 13.3 Å². The van der Waals surface area contributed by atoms with Crippen LogP contribution in [-0.4, -0.2) is 25.4 Å². The molecule has 0 aromatic heterocycles. The predicted octanol–water partition coefficient (Wildman–Crippen LogP) is 0.457. The Labute approximate surface area is 66.3 Å². The molecule has 1 unspecified atom stereocenters. The highest BCUT2D eigenvalue weighted by Crippen LogP contribution is 2.07. The van der Waals surface area contributed by atoms with Crippen LogP contribution < -0.4 is 10.6 Å². The summed E-state index contributed by atoms with van der Waals surface area (Å²) in [5.74, 6) is 0. The molecule has 0 aliphatic carbocycles. The number of rotatable bonds is 2. The molecule has 1 saturated heterocycles. The van der Waals surface area contributed by atoms with Crippen LogP contribution in [0.3, 0.4) is 0 Å². The molecular weight excluding hydrogens is 144 g/mol. The van der Waals surface area contributed by atoms with Gasteiger partial charge in [0.15, 0.2) is 6.23 Å². The lowest BCUT2D eigenvalue weighted by atomic mass is 10.4. The van der Waals surface area contributed by atoms with Crippen molar-refractivity contribution in [1.29, 1.82) is 0 Å². The van der Waals surface area contributed by atoms with E-state index in [1.54, 1.807) is 0 Å². The average molecular weight is 157 g/mol. The minimum absolute atomic E-state index is 0.193. The average Bonchev–Trinajstić information content (AvgIpc) is 2.40. The first kappa shape index (κ1) is 8.33. The van der Waals surface area contributed by atoms with E-state index < -0.39 is 0 Å². The van der Waals surface area contributed by atoms with Gasteiger partial charge in [0.25, 0.3) is 0 Å². The van der Waals surface area contributed by atoms with E-state index in [1.807, 2.05) is 6.92 Å². The van der Waals surface area contributed by atoms with Gasteiger partial charge in [0, 0.05) is 19.5 Å². The van der Waals surface area contributed by atoms with Crippen molar-refractivity contribution in [2.45, 2.75) is 26.0 Å². The van der Waals surface area contributed by atoms with Gasteiger partial charge in [-0.3, -0.25) is 0 Å². The molecule has 1 N–H and O–H groups in total. The SMILES string of the molecule is CCNC(=O)OC1CCC[N]1. The first-order valence-corrected chi connectivity index (χ1v) is 3.94. The molecule has 1 heterocycles. The van der Waals surface area contributed by atoms with Gasteiger partial charge >= 0.3 is 6.09 Å². The van der Waals surface area contributed by atoms with E-state index in [0.29, 0.717) is 6.54 Å². The molecule has 0 aromatic rings. The van der Waals surface area contributed by atoms with E-state index >= 15 is 0 Å².